The van der Waals surface area contributed by atoms with Gasteiger partial charge in [-0.25, -0.2) is 0 Å². The monoisotopic (exact) mass is 257 g/mol. The lowest BCUT2D eigenvalue weighted by molar-refractivity contribution is -0.114. The number of Topliss-reactive ketones (excluding diaryl/α,β-unsaturated/α-hetero) is 1. The number of hydrogen-bond donors (Lipinski definition) is 2. The first-order chi connectivity index (χ1) is 9.08. The number of nitriles is 1. The average molecular weight is 257 g/mol. The predicted molar refractivity (Wildman–Crippen MR) is 67.3 cm³/mol. The van der Waals surface area contributed by atoms with E-state index >= 15 is 0 Å². The summed E-state index contributed by atoms with van der Waals surface area (Å²) < 4.78 is 0. The first-order valence-electron chi connectivity index (χ1n) is 5.67. The molecule has 2 rings (SSSR count). The Kier molecular flexibility index (Phi) is 3.29. The summed E-state index contributed by atoms with van der Waals surface area (Å²) in [5.74, 6) is -0.766. The average Bonchev–Trinajstić information content (AvgIpc) is 2.38. The highest BCUT2D eigenvalue weighted by Crippen LogP contribution is 2.29. The van der Waals surface area contributed by atoms with Crippen molar-refractivity contribution in [1.29, 1.82) is 5.26 Å². The fourth-order valence-corrected chi connectivity index (χ4v) is 2.16. The van der Waals surface area contributed by atoms with Gasteiger partial charge < -0.3 is 10.5 Å². The topological polar surface area (TPSA) is 103 Å². The van der Waals surface area contributed by atoms with Gasteiger partial charge in [0.15, 0.2) is 0 Å². The third kappa shape index (κ3) is 2.18. The Balaban J connectivity index is 2.66. The maximum atomic E-state index is 12.2. The smallest absolute Gasteiger partial charge is 0.221 e. The fourth-order valence-electron chi connectivity index (χ4n) is 2.16. The Labute approximate surface area is 109 Å². The molecule has 96 valence electrons. The molecule has 0 saturated carbocycles. The summed E-state index contributed by atoms with van der Waals surface area (Å²) in [5, 5.41) is 23.4. The summed E-state index contributed by atoms with van der Waals surface area (Å²) in [5.41, 5.74) is 1.61. The van der Waals surface area contributed by atoms with E-state index in [0.29, 0.717) is 23.2 Å². The number of benzene rings is 1. The van der Waals surface area contributed by atoms with Crippen molar-refractivity contribution in [2.75, 3.05) is 5.32 Å². The minimum atomic E-state index is -0.454. The van der Waals surface area contributed by atoms with E-state index < -0.39 is 5.78 Å². The van der Waals surface area contributed by atoms with Gasteiger partial charge in [0.05, 0.1) is 22.9 Å². The standard InChI is InChI=1S/C13H11N3O3/c1-7(17)15-10-4-2-8(6-14)9-3-5-11(16-19)13(18)12(9)10/h2,4,19H,3,5H2,1H3,(H,15,17). The summed E-state index contributed by atoms with van der Waals surface area (Å²) in [7, 11) is 0. The molecule has 0 saturated heterocycles. The van der Waals surface area contributed by atoms with Gasteiger partial charge >= 0.3 is 0 Å². The lowest BCUT2D eigenvalue weighted by atomic mass is 9.85. The Morgan fingerprint density at radius 1 is 1.47 bits per heavy atom. The number of hydrogen-bond acceptors (Lipinski definition) is 5. The zero-order chi connectivity index (χ0) is 14.0. The van der Waals surface area contributed by atoms with Crippen LogP contribution in [0.3, 0.4) is 0 Å². The Morgan fingerprint density at radius 2 is 2.21 bits per heavy atom. The number of nitrogens with one attached hydrogen (secondary N) is 1. The molecule has 0 aliphatic heterocycles. The quantitative estimate of drug-likeness (QED) is 0.587. The number of carbonyl (C=O) groups excluding carboxylic acids is 2. The molecule has 1 amide bonds. The second kappa shape index (κ2) is 4.90. The van der Waals surface area contributed by atoms with Gasteiger partial charge in [0.2, 0.25) is 11.7 Å². The van der Waals surface area contributed by atoms with Crippen molar-refractivity contribution in [3.05, 3.63) is 28.8 Å². The first-order valence-corrected chi connectivity index (χ1v) is 5.67. The Morgan fingerprint density at radius 3 is 2.79 bits per heavy atom. The Hall–Kier alpha value is -2.68. The van der Waals surface area contributed by atoms with Gasteiger partial charge in [0, 0.05) is 13.3 Å². The zero-order valence-corrected chi connectivity index (χ0v) is 10.2. The molecule has 2 N–H and O–H groups in total. The highest BCUT2D eigenvalue weighted by molar-refractivity contribution is 6.48. The van der Waals surface area contributed by atoms with E-state index in [2.05, 4.69) is 10.5 Å². The van der Waals surface area contributed by atoms with E-state index in [-0.39, 0.29) is 23.6 Å². The minimum Gasteiger partial charge on any atom is -0.411 e. The van der Waals surface area contributed by atoms with Crippen molar-refractivity contribution >= 4 is 23.1 Å². The molecule has 0 radical (unpaired) electrons. The number of fused-ring (bicyclic) bond motifs is 1. The largest absolute Gasteiger partial charge is 0.411 e. The fraction of sp³-hybridized carbons (Fsp3) is 0.231. The molecule has 1 aromatic carbocycles. The van der Waals surface area contributed by atoms with Crippen LogP contribution < -0.4 is 5.32 Å². The highest BCUT2D eigenvalue weighted by atomic mass is 16.4. The van der Waals surface area contributed by atoms with E-state index in [1.165, 1.54) is 13.0 Å². The van der Waals surface area contributed by atoms with Gasteiger partial charge in [0.25, 0.3) is 0 Å². The van der Waals surface area contributed by atoms with Crippen LogP contribution in [0.4, 0.5) is 5.69 Å². The van der Waals surface area contributed by atoms with Crippen LogP contribution in [-0.2, 0) is 11.2 Å². The third-order valence-electron chi connectivity index (χ3n) is 2.97. The summed E-state index contributed by atoms with van der Waals surface area (Å²) in [6, 6.07) is 5.10. The maximum Gasteiger partial charge on any atom is 0.221 e. The van der Waals surface area contributed by atoms with Gasteiger partial charge in [-0.15, -0.1) is 0 Å². The summed E-state index contributed by atoms with van der Waals surface area (Å²) in [4.78, 5) is 23.3. The lowest BCUT2D eigenvalue weighted by Crippen LogP contribution is -2.25. The van der Waals surface area contributed by atoms with Crippen LogP contribution in [0.15, 0.2) is 17.3 Å². The number of anilines is 1. The van der Waals surface area contributed by atoms with E-state index in [1.807, 2.05) is 6.07 Å². The van der Waals surface area contributed by atoms with E-state index in [0.717, 1.165) is 0 Å². The molecule has 0 heterocycles. The van der Waals surface area contributed by atoms with Crippen molar-refractivity contribution < 1.29 is 14.8 Å². The third-order valence-corrected chi connectivity index (χ3v) is 2.97. The van der Waals surface area contributed by atoms with Gasteiger partial charge in [-0.3, -0.25) is 9.59 Å². The second-order valence-corrected chi connectivity index (χ2v) is 4.18. The van der Waals surface area contributed by atoms with Crippen LogP contribution in [0.5, 0.6) is 0 Å². The van der Waals surface area contributed by atoms with Crippen molar-refractivity contribution in [2.45, 2.75) is 19.8 Å². The number of nitrogens with zero attached hydrogens (tertiary/aromatic N) is 2. The molecule has 19 heavy (non-hydrogen) atoms. The number of amides is 1. The van der Waals surface area contributed by atoms with Crippen LogP contribution in [0.25, 0.3) is 0 Å². The van der Waals surface area contributed by atoms with E-state index in [9.17, 15) is 9.59 Å². The van der Waals surface area contributed by atoms with Crippen LogP contribution in [-0.4, -0.2) is 22.6 Å². The molecule has 6 nitrogen and oxygen atoms in total. The molecule has 0 aromatic heterocycles. The normalized spacial score (nSPS) is 15.8. The van der Waals surface area contributed by atoms with E-state index in [4.69, 9.17) is 10.5 Å². The van der Waals surface area contributed by atoms with Gasteiger partial charge in [-0.2, -0.15) is 5.26 Å². The highest BCUT2D eigenvalue weighted by Gasteiger charge is 2.29. The van der Waals surface area contributed by atoms with Crippen molar-refractivity contribution in [3.63, 3.8) is 0 Å². The van der Waals surface area contributed by atoms with Gasteiger partial charge in [0.1, 0.15) is 5.71 Å². The van der Waals surface area contributed by atoms with E-state index in [1.54, 1.807) is 6.07 Å². The number of ketones is 1. The molecule has 1 aromatic rings. The summed E-state index contributed by atoms with van der Waals surface area (Å²) in [6.07, 6.45) is 0.706. The molecule has 0 fully saturated rings. The molecule has 0 spiro atoms. The molecule has 0 unspecified atom stereocenters. The molecule has 0 bridgehead atoms. The van der Waals surface area contributed by atoms with Crippen molar-refractivity contribution in [2.24, 2.45) is 5.16 Å². The van der Waals surface area contributed by atoms with Crippen LogP contribution >= 0.6 is 0 Å². The maximum absolute atomic E-state index is 12.2. The van der Waals surface area contributed by atoms with Crippen LogP contribution in [0.2, 0.25) is 0 Å². The molecule has 6 heteroatoms. The zero-order valence-electron chi connectivity index (χ0n) is 10.2. The number of rotatable bonds is 1. The number of carbonyl (C=O) groups is 2. The molecule has 1 aliphatic carbocycles. The Bertz CT molecular complexity index is 641. The first kappa shape index (κ1) is 12.8. The van der Waals surface area contributed by atoms with Crippen LogP contribution in [0.1, 0.15) is 34.8 Å². The molecule has 1 aliphatic rings. The molecular formula is C13H11N3O3. The second-order valence-electron chi connectivity index (χ2n) is 4.18. The predicted octanol–water partition coefficient (Wildman–Crippen LogP) is 1.48. The summed E-state index contributed by atoms with van der Waals surface area (Å²) >= 11 is 0. The van der Waals surface area contributed by atoms with Crippen LogP contribution in [0, 0.1) is 11.3 Å². The number of oxime groups is 1. The van der Waals surface area contributed by atoms with Crippen molar-refractivity contribution in [1.82, 2.24) is 0 Å². The van der Waals surface area contributed by atoms with Crippen molar-refractivity contribution in [3.8, 4) is 6.07 Å². The SMILES string of the molecule is CC(=O)Nc1ccc(C#N)c2c1C(=O)C(=NO)CC2. The van der Waals surface area contributed by atoms with Gasteiger partial charge in [-0.05, 0) is 24.1 Å². The molecule has 0 atom stereocenters. The minimum absolute atomic E-state index is 0.0363. The molecular weight excluding hydrogens is 246 g/mol. The summed E-state index contributed by atoms with van der Waals surface area (Å²) in [6.45, 7) is 1.33. The van der Waals surface area contributed by atoms with Gasteiger partial charge in [-0.1, -0.05) is 5.16 Å². The lowest BCUT2D eigenvalue weighted by Gasteiger charge is -2.20.